The molecule has 1 aromatic rings. The summed E-state index contributed by atoms with van der Waals surface area (Å²) in [4.78, 5) is 21.0. The second-order valence-corrected chi connectivity index (χ2v) is 3.06. The predicted octanol–water partition coefficient (Wildman–Crippen LogP) is 2.34. The molecule has 0 N–H and O–H groups in total. The third-order valence-electron chi connectivity index (χ3n) is 1.95. The number of ether oxygens (including phenoxy) is 1. The number of carbonyl (C=O) groups is 1. The quantitative estimate of drug-likeness (QED) is 0.263. The van der Waals surface area contributed by atoms with Crippen molar-refractivity contribution < 1.29 is 14.5 Å². The van der Waals surface area contributed by atoms with E-state index in [0.717, 1.165) is 0 Å². The van der Waals surface area contributed by atoms with E-state index in [1.54, 1.807) is 30.4 Å². The molecule has 0 radical (unpaired) electrons. The lowest BCUT2D eigenvalue weighted by atomic mass is 10.1. The van der Waals surface area contributed by atoms with Crippen LogP contribution in [0.4, 0.5) is 5.69 Å². The summed E-state index contributed by atoms with van der Waals surface area (Å²) in [6.07, 6.45) is 5.78. The Balaban J connectivity index is 2.81. The van der Waals surface area contributed by atoms with Gasteiger partial charge in [-0.3, -0.25) is 10.1 Å². The minimum Gasteiger partial charge on any atom is -0.466 e. The molecule has 0 aliphatic carbocycles. The second kappa shape index (κ2) is 6.22. The number of nitrogens with zero attached hydrogens (tertiary/aromatic N) is 1. The molecule has 1 rings (SSSR count). The van der Waals surface area contributed by atoms with E-state index in [9.17, 15) is 14.9 Å². The molecule has 0 saturated heterocycles. The summed E-state index contributed by atoms with van der Waals surface area (Å²) in [6, 6.07) is 6.35. The van der Waals surface area contributed by atoms with Crippen LogP contribution in [0.3, 0.4) is 0 Å². The molecule has 88 valence electrons. The summed E-state index contributed by atoms with van der Waals surface area (Å²) < 4.78 is 4.40. The van der Waals surface area contributed by atoms with Gasteiger partial charge >= 0.3 is 5.97 Å². The van der Waals surface area contributed by atoms with Gasteiger partial charge in [0.2, 0.25) is 0 Å². The molecular weight excluding hydrogens is 222 g/mol. The highest BCUT2D eigenvalue weighted by molar-refractivity contribution is 5.82. The first-order valence-electron chi connectivity index (χ1n) is 4.81. The molecule has 0 saturated carbocycles. The lowest BCUT2D eigenvalue weighted by Crippen LogP contribution is -1.92. The molecule has 1 aromatic carbocycles. The van der Waals surface area contributed by atoms with E-state index in [-0.39, 0.29) is 5.69 Å². The van der Waals surface area contributed by atoms with Gasteiger partial charge in [-0.05, 0) is 12.1 Å². The predicted molar refractivity (Wildman–Crippen MR) is 63.3 cm³/mol. The van der Waals surface area contributed by atoms with E-state index >= 15 is 0 Å². The van der Waals surface area contributed by atoms with Crippen molar-refractivity contribution in [1.29, 1.82) is 0 Å². The van der Waals surface area contributed by atoms with Crippen LogP contribution in [-0.2, 0) is 9.53 Å². The highest BCUT2D eigenvalue weighted by Gasteiger charge is 2.08. The molecule has 0 bridgehead atoms. The molecule has 0 aromatic heterocycles. The van der Waals surface area contributed by atoms with Crippen molar-refractivity contribution in [2.45, 2.75) is 0 Å². The monoisotopic (exact) mass is 233 g/mol. The molecular formula is C12H11NO4. The van der Waals surface area contributed by atoms with E-state index < -0.39 is 10.9 Å². The average molecular weight is 233 g/mol. The lowest BCUT2D eigenvalue weighted by Gasteiger charge is -1.95. The van der Waals surface area contributed by atoms with Crippen LogP contribution >= 0.6 is 0 Å². The van der Waals surface area contributed by atoms with Crippen LogP contribution in [0, 0.1) is 10.1 Å². The van der Waals surface area contributed by atoms with Gasteiger partial charge in [-0.15, -0.1) is 0 Å². The number of esters is 1. The summed E-state index contributed by atoms with van der Waals surface area (Å²) in [5.41, 5.74) is 0.502. The van der Waals surface area contributed by atoms with Crippen molar-refractivity contribution >= 4 is 17.7 Å². The number of nitro benzene ring substituents is 1. The Morgan fingerprint density at radius 2 is 2.06 bits per heavy atom. The van der Waals surface area contributed by atoms with Gasteiger partial charge < -0.3 is 4.74 Å². The molecule has 0 aliphatic heterocycles. The van der Waals surface area contributed by atoms with Crippen LogP contribution in [0.5, 0.6) is 0 Å². The molecule has 0 aliphatic rings. The number of nitro groups is 1. The van der Waals surface area contributed by atoms with Crippen molar-refractivity contribution in [3.8, 4) is 0 Å². The van der Waals surface area contributed by atoms with E-state index in [0.29, 0.717) is 5.56 Å². The van der Waals surface area contributed by atoms with Gasteiger partial charge in [-0.2, -0.15) is 0 Å². The number of para-hydroxylation sites is 1. The second-order valence-electron chi connectivity index (χ2n) is 3.06. The summed E-state index contributed by atoms with van der Waals surface area (Å²) >= 11 is 0. The maximum absolute atomic E-state index is 10.7. The number of hydrogen-bond donors (Lipinski definition) is 0. The van der Waals surface area contributed by atoms with Crippen LogP contribution in [0.15, 0.2) is 42.5 Å². The van der Waals surface area contributed by atoms with E-state index in [2.05, 4.69) is 4.74 Å². The fraction of sp³-hybridized carbons (Fsp3) is 0.0833. The van der Waals surface area contributed by atoms with Gasteiger partial charge in [0.15, 0.2) is 0 Å². The van der Waals surface area contributed by atoms with Crippen LogP contribution in [0.2, 0.25) is 0 Å². The molecule has 0 atom stereocenters. The Labute approximate surface area is 98.2 Å². The fourth-order valence-electron chi connectivity index (χ4n) is 1.16. The van der Waals surface area contributed by atoms with Crippen molar-refractivity contribution in [1.82, 2.24) is 0 Å². The number of benzene rings is 1. The summed E-state index contributed by atoms with van der Waals surface area (Å²) in [5.74, 6) is -0.475. The summed E-state index contributed by atoms with van der Waals surface area (Å²) in [7, 11) is 1.28. The third kappa shape index (κ3) is 3.90. The average Bonchev–Trinajstić information content (AvgIpc) is 2.34. The number of methoxy groups -OCH3 is 1. The molecule has 0 fully saturated rings. The van der Waals surface area contributed by atoms with Gasteiger partial charge in [0.25, 0.3) is 5.69 Å². The SMILES string of the molecule is COC(=O)C=CC=Cc1ccccc1[N+](=O)[O-]. The van der Waals surface area contributed by atoms with Crippen molar-refractivity contribution in [2.75, 3.05) is 7.11 Å². The number of rotatable bonds is 4. The zero-order chi connectivity index (χ0) is 12.7. The lowest BCUT2D eigenvalue weighted by molar-refractivity contribution is -0.385. The first-order chi connectivity index (χ1) is 8.15. The van der Waals surface area contributed by atoms with E-state index in [1.807, 2.05) is 0 Å². The normalized spacial score (nSPS) is 10.9. The first kappa shape index (κ1) is 12.6. The van der Waals surface area contributed by atoms with Crippen LogP contribution in [0.25, 0.3) is 6.08 Å². The Bertz CT molecular complexity index is 477. The highest BCUT2D eigenvalue weighted by atomic mass is 16.6. The minimum absolute atomic E-state index is 0.0234. The molecule has 5 heteroatoms. The first-order valence-corrected chi connectivity index (χ1v) is 4.81. The maximum atomic E-state index is 10.7. The van der Waals surface area contributed by atoms with Gasteiger partial charge in [0, 0.05) is 12.1 Å². The van der Waals surface area contributed by atoms with Crippen LogP contribution < -0.4 is 0 Å². The largest absolute Gasteiger partial charge is 0.466 e. The van der Waals surface area contributed by atoms with E-state index in [1.165, 1.54) is 25.3 Å². The van der Waals surface area contributed by atoms with Crippen molar-refractivity contribution in [3.05, 3.63) is 58.2 Å². The maximum Gasteiger partial charge on any atom is 0.330 e. The molecule has 0 unspecified atom stereocenters. The molecule has 0 amide bonds. The minimum atomic E-state index is -0.475. The Morgan fingerprint density at radius 3 is 2.71 bits per heavy atom. The van der Waals surface area contributed by atoms with Crippen molar-refractivity contribution in [3.63, 3.8) is 0 Å². The molecule has 0 spiro atoms. The molecule has 0 heterocycles. The third-order valence-corrected chi connectivity index (χ3v) is 1.95. The Morgan fingerprint density at radius 1 is 1.35 bits per heavy atom. The van der Waals surface area contributed by atoms with Gasteiger partial charge in [0.05, 0.1) is 17.6 Å². The van der Waals surface area contributed by atoms with E-state index in [4.69, 9.17) is 0 Å². The molecule has 17 heavy (non-hydrogen) atoms. The summed E-state index contributed by atoms with van der Waals surface area (Å²) in [5, 5.41) is 10.7. The zero-order valence-corrected chi connectivity index (χ0v) is 9.20. The van der Waals surface area contributed by atoms with Crippen molar-refractivity contribution in [2.24, 2.45) is 0 Å². The zero-order valence-electron chi connectivity index (χ0n) is 9.20. The smallest absolute Gasteiger partial charge is 0.330 e. The van der Waals surface area contributed by atoms with Gasteiger partial charge in [-0.1, -0.05) is 24.3 Å². The van der Waals surface area contributed by atoms with Crippen LogP contribution in [-0.4, -0.2) is 18.0 Å². The number of hydrogen-bond acceptors (Lipinski definition) is 4. The number of allylic oxidation sites excluding steroid dienone is 2. The van der Waals surface area contributed by atoms with Gasteiger partial charge in [0.1, 0.15) is 0 Å². The number of carbonyl (C=O) groups excluding carboxylic acids is 1. The Hall–Kier alpha value is -2.43. The standard InChI is InChI=1S/C12H11NO4/c1-17-12(14)9-5-3-7-10-6-2-4-8-11(10)13(15)16/h2-9H,1H3. The van der Waals surface area contributed by atoms with Crippen LogP contribution in [0.1, 0.15) is 5.56 Å². The summed E-state index contributed by atoms with van der Waals surface area (Å²) in [6.45, 7) is 0. The van der Waals surface area contributed by atoms with Gasteiger partial charge in [-0.25, -0.2) is 4.79 Å². The Kier molecular flexibility index (Phi) is 4.62. The fourth-order valence-corrected chi connectivity index (χ4v) is 1.16. The molecule has 5 nitrogen and oxygen atoms in total. The topological polar surface area (TPSA) is 69.4 Å². The highest BCUT2D eigenvalue weighted by Crippen LogP contribution is 2.18.